The Kier molecular flexibility index (Phi) is 5.92. The van der Waals surface area contributed by atoms with Crippen molar-refractivity contribution in [2.45, 2.75) is 38.3 Å². The molecule has 148 valence electrons. The fourth-order valence-corrected chi connectivity index (χ4v) is 4.56. The average Bonchev–Trinajstić information content (AvgIpc) is 3.49. The van der Waals surface area contributed by atoms with E-state index >= 15 is 0 Å². The third kappa shape index (κ3) is 4.33. The number of hydrogen-bond donors (Lipinski definition) is 1. The number of unbranched alkanes of at least 4 members (excludes halogenated alkanes) is 1. The van der Waals surface area contributed by atoms with Crippen molar-refractivity contribution in [1.82, 2.24) is 9.55 Å². The number of rotatable bonds is 7. The molecule has 0 radical (unpaired) electrons. The molecule has 1 aliphatic rings. The van der Waals surface area contributed by atoms with Gasteiger partial charge in [0.15, 0.2) is 5.13 Å². The molecule has 1 saturated heterocycles. The van der Waals surface area contributed by atoms with Gasteiger partial charge in [-0.25, -0.2) is 4.98 Å². The van der Waals surface area contributed by atoms with Crippen LogP contribution in [0.1, 0.15) is 47.9 Å². The molecule has 0 aliphatic carbocycles. The van der Waals surface area contributed by atoms with Crippen molar-refractivity contribution in [1.29, 1.82) is 5.26 Å². The molecule has 1 aromatic carbocycles. The van der Waals surface area contributed by atoms with Gasteiger partial charge < -0.3 is 9.47 Å². The lowest BCUT2D eigenvalue weighted by Gasteiger charge is -2.25. The molecule has 1 atom stereocenters. The molecule has 3 aromatic rings. The largest absolute Gasteiger partial charge is 0.363 e. The Morgan fingerprint density at radius 1 is 1.28 bits per heavy atom. The minimum absolute atomic E-state index is 0.167. The van der Waals surface area contributed by atoms with Crippen LogP contribution >= 0.6 is 11.3 Å². The van der Waals surface area contributed by atoms with E-state index in [0.29, 0.717) is 23.8 Å². The number of anilines is 2. The van der Waals surface area contributed by atoms with Gasteiger partial charge in [-0.15, -0.1) is 11.3 Å². The Hall–Kier alpha value is -3.11. The van der Waals surface area contributed by atoms with Crippen molar-refractivity contribution < 1.29 is 4.79 Å². The van der Waals surface area contributed by atoms with Crippen LogP contribution in [0.4, 0.5) is 10.8 Å². The summed E-state index contributed by atoms with van der Waals surface area (Å²) >= 11 is 1.46. The molecule has 7 heteroatoms. The smallest absolute Gasteiger partial charge is 0.274 e. The first-order chi connectivity index (χ1) is 14.3. The van der Waals surface area contributed by atoms with Crippen LogP contribution in [0.25, 0.3) is 0 Å². The first-order valence-electron chi connectivity index (χ1n) is 9.87. The molecule has 0 spiro atoms. The topological polar surface area (TPSA) is 74.0 Å². The van der Waals surface area contributed by atoms with Crippen LogP contribution in [0.15, 0.2) is 54.0 Å². The Labute approximate surface area is 174 Å². The van der Waals surface area contributed by atoms with Gasteiger partial charge in [-0.3, -0.25) is 10.1 Å². The van der Waals surface area contributed by atoms with E-state index < -0.39 is 0 Å². The molecule has 29 heavy (non-hydrogen) atoms. The van der Waals surface area contributed by atoms with Crippen molar-refractivity contribution in [2.75, 3.05) is 16.8 Å². The van der Waals surface area contributed by atoms with Crippen molar-refractivity contribution in [3.8, 4) is 6.07 Å². The minimum Gasteiger partial charge on any atom is -0.363 e. The molecule has 1 fully saturated rings. The van der Waals surface area contributed by atoms with E-state index in [-0.39, 0.29) is 11.9 Å². The second-order valence-corrected chi connectivity index (χ2v) is 7.93. The molecule has 1 aliphatic heterocycles. The van der Waals surface area contributed by atoms with Gasteiger partial charge in [0.05, 0.1) is 17.8 Å². The third-order valence-electron chi connectivity index (χ3n) is 5.17. The van der Waals surface area contributed by atoms with E-state index in [1.807, 2.05) is 28.3 Å². The molecule has 1 amide bonds. The standard InChI is InChI=1S/C22H23N5OS/c23-12-4-5-13-26-14-6-11-20(26)21(28)25-22-24-18(16-29-22)19-10-7-15-27(19)17-8-2-1-3-9-17/h1-3,6,8-9,11,14,16,19H,4-5,7,10,13,15H2,(H,24,25,28). The molecule has 0 saturated carbocycles. The summed E-state index contributed by atoms with van der Waals surface area (Å²) in [6.07, 6.45) is 5.27. The monoisotopic (exact) mass is 405 g/mol. The maximum absolute atomic E-state index is 12.7. The number of carbonyl (C=O) groups is 1. The van der Waals surface area contributed by atoms with E-state index in [9.17, 15) is 4.79 Å². The maximum atomic E-state index is 12.7. The van der Waals surface area contributed by atoms with Crippen molar-refractivity contribution in [2.24, 2.45) is 0 Å². The number of para-hydroxylation sites is 1. The van der Waals surface area contributed by atoms with Crippen LogP contribution in [0.5, 0.6) is 0 Å². The molecule has 1 N–H and O–H groups in total. The van der Waals surface area contributed by atoms with Crippen LogP contribution in [-0.4, -0.2) is 22.0 Å². The quantitative estimate of drug-likeness (QED) is 0.571. The summed E-state index contributed by atoms with van der Waals surface area (Å²) in [4.78, 5) is 19.8. The molecule has 6 nitrogen and oxygen atoms in total. The molecular formula is C22H23N5OS. The summed E-state index contributed by atoms with van der Waals surface area (Å²) in [6.45, 7) is 1.67. The van der Waals surface area contributed by atoms with Crippen molar-refractivity contribution in [3.05, 3.63) is 65.4 Å². The summed E-state index contributed by atoms with van der Waals surface area (Å²) in [5.74, 6) is -0.167. The second kappa shape index (κ2) is 8.93. The number of carbonyl (C=O) groups excluding carboxylic acids is 1. The van der Waals surface area contributed by atoms with Gasteiger partial charge in [-0.2, -0.15) is 5.26 Å². The van der Waals surface area contributed by atoms with Gasteiger partial charge in [-0.1, -0.05) is 18.2 Å². The van der Waals surface area contributed by atoms with Crippen LogP contribution < -0.4 is 10.2 Å². The van der Waals surface area contributed by atoms with Crippen LogP contribution in [0.2, 0.25) is 0 Å². The summed E-state index contributed by atoms with van der Waals surface area (Å²) in [5.41, 5.74) is 2.81. The maximum Gasteiger partial charge on any atom is 0.274 e. The van der Waals surface area contributed by atoms with Crippen LogP contribution in [0, 0.1) is 11.3 Å². The molecule has 4 rings (SSSR count). The predicted molar refractivity (Wildman–Crippen MR) is 115 cm³/mol. The molecule has 0 bridgehead atoms. The van der Waals surface area contributed by atoms with E-state index in [1.54, 1.807) is 6.07 Å². The van der Waals surface area contributed by atoms with E-state index in [2.05, 4.69) is 40.6 Å². The number of aryl methyl sites for hydroxylation is 1. The first kappa shape index (κ1) is 19.2. The Morgan fingerprint density at radius 3 is 2.97 bits per heavy atom. The summed E-state index contributed by atoms with van der Waals surface area (Å²) < 4.78 is 1.88. The number of nitrogens with zero attached hydrogens (tertiary/aromatic N) is 4. The highest BCUT2D eigenvalue weighted by atomic mass is 32.1. The highest BCUT2D eigenvalue weighted by molar-refractivity contribution is 7.14. The number of benzene rings is 1. The Bertz CT molecular complexity index is 1000. The SMILES string of the molecule is N#CCCCn1cccc1C(=O)Nc1nc(C2CCCN2c2ccccc2)cs1. The second-order valence-electron chi connectivity index (χ2n) is 7.07. The van der Waals surface area contributed by atoms with Crippen LogP contribution in [-0.2, 0) is 6.54 Å². The molecule has 2 aromatic heterocycles. The zero-order chi connectivity index (χ0) is 20.1. The zero-order valence-electron chi connectivity index (χ0n) is 16.1. The van der Waals surface area contributed by atoms with Crippen molar-refractivity contribution >= 4 is 28.1 Å². The normalized spacial score (nSPS) is 16.0. The van der Waals surface area contributed by atoms with E-state index in [0.717, 1.165) is 31.5 Å². The number of hydrogen-bond acceptors (Lipinski definition) is 5. The third-order valence-corrected chi connectivity index (χ3v) is 5.95. The highest BCUT2D eigenvalue weighted by Crippen LogP contribution is 2.37. The lowest BCUT2D eigenvalue weighted by Crippen LogP contribution is -2.22. The Morgan fingerprint density at radius 2 is 2.14 bits per heavy atom. The summed E-state index contributed by atoms with van der Waals surface area (Å²) in [7, 11) is 0. The van der Waals surface area contributed by atoms with Gasteiger partial charge in [0.1, 0.15) is 5.69 Å². The van der Waals surface area contributed by atoms with E-state index in [1.165, 1.54) is 17.0 Å². The number of nitriles is 1. The highest BCUT2D eigenvalue weighted by Gasteiger charge is 2.28. The fraction of sp³-hybridized carbons (Fsp3) is 0.318. The average molecular weight is 406 g/mol. The lowest BCUT2D eigenvalue weighted by molar-refractivity contribution is 0.101. The number of thiazole rings is 1. The number of amides is 1. The van der Waals surface area contributed by atoms with Crippen LogP contribution in [0.3, 0.4) is 0 Å². The van der Waals surface area contributed by atoms with Gasteiger partial charge >= 0.3 is 0 Å². The molecular weight excluding hydrogens is 382 g/mol. The van der Waals surface area contributed by atoms with Gasteiger partial charge in [0.2, 0.25) is 0 Å². The Balaban J connectivity index is 1.44. The number of aromatic nitrogens is 2. The van der Waals surface area contributed by atoms with Gasteiger partial charge in [0.25, 0.3) is 5.91 Å². The summed E-state index contributed by atoms with van der Waals surface area (Å²) in [6, 6.07) is 16.4. The number of nitrogens with one attached hydrogen (secondary N) is 1. The van der Waals surface area contributed by atoms with Gasteiger partial charge in [0, 0.05) is 36.8 Å². The first-order valence-corrected chi connectivity index (χ1v) is 10.7. The van der Waals surface area contributed by atoms with Gasteiger partial charge in [-0.05, 0) is 43.5 Å². The lowest BCUT2D eigenvalue weighted by atomic mass is 10.1. The van der Waals surface area contributed by atoms with E-state index in [4.69, 9.17) is 10.2 Å². The minimum atomic E-state index is -0.167. The molecule has 1 unspecified atom stereocenters. The zero-order valence-corrected chi connectivity index (χ0v) is 16.9. The fourth-order valence-electron chi connectivity index (χ4n) is 3.80. The van der Waals surface area contributed by atoms with Crippen molar-refractivity contribution in [3.63, 3.8) is 0 Å². The summed E-state index contributed by atoms with van der Waals surface area (Å²) in [5, 5.41) is 14.3. The predicted octanol–water partition coefficient (Wildman–Crippen LogP) is 4.84. The molecule has 3 heterocycles.